The van der Waals surface area contributed by atoms with E-state index in [1.165, 1.54) is 11.3 Å². The maximum Gasteiger partial charge on any atom is 0.404 e. The molecule has 0 aliphatic carbocycles. The van der Waals surface area contributed by atoms with Crippen molar-refractivity contribution >= 4 is 34.0 Å². The van der Waals surface area contributed by atoms with Gasteiger partial charge in [-0.15, -0.1) is 11.3 Å². The number of anilines is 1. The Morgan fingerprint density at radius 3 is 2.75 bits per heavy atom. The summed E-state index contributed by atoms with van der Waals surface area (Å²) in [7, 11) is 0. The normalized spacial score (nSPS) is 18.3. The molecule has 0 bridgehead atoms. The molecule has 0 spiro atoms. The van der Waals surface area contributed by atoms with Crippen LogP contribution in [0, 0.1) is 0 Å². The Kier molecular flexibility index (Phi) is 5.18. The number of ether oxygens (including phenoxy) is 1. The van der Waals surface area contributed by atoms with Crippen molar-refractivity contribution in [3.63, 3.8) is 0 Å². The van der Waals surface area contributed by atoms with E-state index >= 15 is 0 Å². The molecular weight excluding hydrogens is 434 g/mol. The van der Waals surface area contributed by atoms with Gasteiger partial charge in [-0.25, -0.2) is 19.3 Å². The molecule has 0 saturated carbocycles. The van der Waals surface area contributed by atoms with Crippen LogP contribution in [0.3, 0.4) is 0 Å². The highest BCUT2D eigenvalue weighted by atomic mass is 32.1. The lowest BCUT2D eigenvalue weighted by atomic mass is 10.0. The molecule has 2 fully saturated rings. The van der Waals surface area contributed by atoms with Crippen molar-refractivity contribution < 1.29 is 19.4 Å². The van der Waals surface area contributed by atoms with Crippen LogP contribution in [-0.4, -0.2) is 79.5 Å². The highest BCUT2D eigenvalue weighted by Crippen LogP contribution is 2.29. The van der Waals surface area contributed by atoms with Crippen LogP contribution in [0.25, 0.3) is 16.2 Å². The molecule has 5 heterocycles. The van der Waals surface area contributed by atoms with Gasteiger partial charge in [-0.2, -0.15) is 5.10 Å². The van der Waals surface area contributed by atoms with E-state index in [0.29, 0.717) is 56.5 Å². The number of piperidine rings is 1. The van der Waals surface area contributed by atoms with Gasteiger partial charge in [0.1, 0.15) is 16.3 Å². The molecule has 2 amide bonds. The summed E-state index contributed by atoms with van der Waals surface area (Å²) in [4.78, 5) is 36.1. The van der Waals surface area contributed by atoms with E-state index in [0.717, 1.165) is 10.4 Å². The molecule has 12 heteroatoms. The minimum Gasteiger partial charge on any atom is -0.465 e. The first kappa shape index (κ1) is 20.6. The van der Waals surface area contributed by atoms with E-state index in [4.69, 9.17) is 9.84 Å². The van der Waals surface area contributed by atoms with Crippen molar-refractivity contribution in [2.45, 2.75) is 31.3 Å². The van der Waals surface area contributed by atoms with E-state index < -0.39 is 6.09 Å². The lowest BCUT2D eigenvalue weighted by Gasteiger charge is -2.39. The second-order valence-electron chi connectivity index (χ2n) is 8.37. The molecule has 2 saturated heterocycles. The zero-order valence-corrected chi connectivity index (χ0v) is 18.3. The smallest absolute Gasteiger partial charge is 0.404 e. The fourth-order valence-corrected chi connectivity index (χ4v) is 4.77. The van der Waals surface area contributed by atoms with E-state index in [-0.39, 0.29) is 17.5 Å². The van der Waals surface area contributed by atoms with E-state index in [1.807, 2.05) is 18.5 Å². The topological polar surface area (TPSA) is 134 Å². The molecular formula is C20H23N7O4S. The average molecular weight is 458 g/mol. The number of carbonyl (C=O) groups is 2. The number of likely N-dealkylation sites (tertiary alicyclic amines) is 1. The number of nitrogens with one attached hydrogen (secondary N) is 2. The van der Waals surface area contributed by atoms with Gasteiger partial charge < -0.3 is 25.4 Å². The third kappa shape index (κ3) is 3.98. The Hall–Kier alpha value is -3.25. The van der Waals surface area contributed by atoms with Gasteiger partial charge in [-0.1, -0.05) is 0 Å². The first-order valence-corrected chi connectivity index (χ1v) is 11.2. The molecule has 168 valence electrons. The van der Waals surface area contributed by atoms with Gasteiger partial charge in [-0.05, 0) is 19.8 Å². The predicted octanol–water partition coefficient (Wildman–Crippen LogP) is 1.93. The number of hydrogen-bond donors (Lipinski definition) is 3. The number of amides is 2. The Bertz CT molecular complexity index is 1160. The van der Waals surface area contributed by atoms with Gasteiger partial charge in [0.2, 0.25) is 0 Å². The second-order valence-corrected chi connectivity index (χ2v) is 9.26. The maximum absolute atomic E-state index is 13.3. The first-order chi connectivity index (χ1) is 15.4. The van der Waals surface area contributed by atoms with Crippen molar-refractivity contribution in [3.8, 4) is 11.4 Å². The fourth-order valence-electron chi connectivity index (χ4n) is 3.98. The van der Waals surface area contributed by atoms with E-state index in [9.17, 15) is 9.59 Å². The Labute approximate surface area is 187 Å². The molecule has 0 unspecified atom stereocenters. The number of carboxylic acid groups (broad SMARTS) is 1. The summed E-state index contributed by atoms with van der Waals surface area (Å²) in [6.45, 7) is 4.07. The quantitative estimate of drug-likeness (QED) is 0.529. The molecule has 0 radical (unpaired) electrons. The van der Waals surface area contributed by atoms with Crippen molar-refractivity contribution in [2.24, 2.45) is 0 Å². The summed E-state index contributed by atoms with van der Waals surface area (Å²) in [6, 6.07) is 1.53. The van der Waals surface area contributed by atoms with Gasteiger partial charge in [0, 0.05) is 36.8 Å². The van der Waals surface area contributed by atoms with Crippen LogP contribution in [-0.2, 0) is 4.74 Å². The van der Waals surface area contributed by atoms with Crippen LogP contribution in [0.1, 0.15) is 30.3 Å². The Balaban J connectivity index is 1.44. The minimum atomic E-state index is -1.04. The molecule has 11 nitrogen and oxygen atoms in total. The molecule has 0 atom stereocenters. The minimum absolute atomic E-state index is 0.146. The third-order valence-electron chi connectivity index (χ3n) is 5.70. The van der Waals surface area contributed by atoms with Crippen LogP contribution in [0.4, 0.5) is 10.6 Å². The predicted molar refractivity (Wildman–Crippen MR) is 117 cm³/mol. The number of fused-ring (bicyclic) bond motifs is 1. The number of hydrogen-bond acceptors (Lipinski definition) is 8. The summed E-state index contributed by atoms with van der Waals surface area (Å²) in [5.74, 6) is 0.791. The molecule has 32 heavy (non-hydrogen) atoms. The molecule has 3 aromatic rings. The SMILES string of the molecule is CC1(Nc2cc(C(=O)N3CCC(NC(=O)O)CC3)nc(-c3cnn4ccsc34)n2)COC1. The Morgan fingerprint density at radius 1 is 1.28 bits per heavy atom. The molecule has 2 aliphatic heterocycles. The standard InChI is InChI=1S/C20H23N7O4S/c1-20(10-31-11-20)25-15-8-14(17(28)26-4-2-12(3-5-26)22-19(29)30)23-16(24-15)13-9-21-27-6-7-32-18(13)27/h6-9,12,22H,2-5,10-11H2,1H3,(H,29,30)(H,23,24,25). The van der Waals surface area contributed by atoms with Crippen molar-refractivity contribution in [3.05, 3.63) is 29.5 Å². The number of aromatic nitrogens is 4. The van der Waals surface area contributed by atoms with Gasteiger partial charge in [0.15, 0.2) is 5.82 Å². The lowest BCUT2D eigenvalue weighted by molar-refractivity contribution is -0.0320. The van der Waals surface area contributed by atoms with Gasteiger partial charge in [-0.3, -0.25) is 4.79 Å². The highest BCUT2D eigenvalue weighted by Gasteiger charge is 2.34. The summed E-state index contributed by atoms with van der Waals surface area (Å²) in [5.41, 5.74) is 0.809. The van der Waals surface area contributed by atoms with Crippen LogP contribution < -0.4 is 10.6 Å². The number of nitrogens with zero attached hydrogens (tertiary/aromatic N) is 5. The fraction of sp³-hybridized carbons (Fsp3) is 0.450. The molecule has 3 N–H and O–H groups in total. The molecule has 5 rings (SSSR count). The second kappa shape index (κ2) is 8.02. The van der Waals surface area contributed by atoms with Crippen LogP contribution in [0.5, 0.6) is 0 Å². The van der Waals surface area contributed by atoms with E-state index in [2.05, 4.69) is 25.7 Å². The van der Waals surface area contributed by atoms with Crippen LogP contribution in [0.2, 0.25) is 0 Å². The van der Waals surface area contributed by atoms with Crippen LogP contribution in [0.15, 0.2) is 23.8 Å². The highest BCUT2D eigenvalue weighted by molar-refractivity contribution is 7.16. The summed E-state index contributed by atoms with van der Waals surface area (Å²) in [6.07, 6.45) is 3.65. The number of thiazole rings is 1. The van der Waals surface area contributed by atoms with Crippen LogP contribution >= 0.6 is 11.3 Å². The van der Waals surface area contributed by atoms with Gasteiger partial charge >= 0.3 is 6.09 Å². The molecule has 0 aromatic carbocycles. The van der Waals surface area contributed by atoms with Gasteiger partial charge in [0.25, 0.3) is 5.91 Å². The van der Waals surface area contributed by atoms with Crippen molar-refractivity contribution in [2.75, 3.05) is 31.6 Å². The molecule has 3 aromatic heterocycles. The van der Waals surface area contributed by atoms with Crippen molar-refractivity contribution in [1.29, 1.82) is 0 Å². The first-order valence-electron chi connectivity index (χ1n) is 10.4. The monoisotopic (exact) mass is 457 g/mol. The number of rotatable bonds is 5. The van der Waals surface area contributed by atoms with Gasteiger partial charge in [0.05, 0.1) is 30.5 Å². The molecule has 2 aliphatic rings. The summed E-state index contributed by atoms with van der Waals surface area (Å²) in [5, 5.41) is 21.1. The average Bonchev–Trinajstić information content (AvgIpc) is 3.36. The zero-order chi connectivity index (χ0) is 22.3. The summed E-state index contributed by atoms with van der Waals surface area (Å²) >= 11 is 1.53. The Morgan fingerprint density at radius 2 is 2.06 bits per heavy atom. The van der Waals surface area contributed by atoms with E-state index in [1.54, 1.807) is 21.7 Å². The largest absolute Gasteiger partial charge is 0.465 e. The zero-order valence-electron chi connectivity index (χ0n) is 17.4. The maximum atomic E-state index is 13.3. The lowest BCUT2D eigenvalue weighted by Crippen LogP contribution is -2.53. The number of carbonyl (C=O) groups excluding carboxylic acids is 1. The third-order valence-corrected chi connectivity index (χ3v) is 6.59. The van der Waals surface area contributed by atoms with Crippen molar-refractivity contribution in [1.82, 2.24) is 29.8 Å². The summed E-state index contributed by atoms with van der Waals surface area (Å²) < 4.78 is 7.09.